The molecule has 1 aromatic heterocycles. The van der Waals surface area contributed by atoms with Crippen LogP contribution in [-0.4, -0.2) is 21.6 Å². The zero-order chi connectivity index (χ0) is 19.2. The maximum absolute atomic E-state index is 13.3. The van der Waals surface area contributed by atoms with Gasteiger partial charge in [-0.1, -0.05) is 23.7 Å². The number of carbonyl (C=O) groups is 2. The smallest absolute Gasteiger partial charge is 0.417 e. The van der Waals surface area contributed by atoms with Gasteiger partial charge in [-0.3, -0.25) is 9.36 Å². The van der Waals surface area contributed by atoms with Gasteiger partial charge in [0.2, 0.25) is 0 Å². The monoisotopic (exact) mass is 493 g/mol. The second kappa shape index (κ2) is 6.58. The number of fused-ring (bicyclic) bond motifs is 1. The lowest BCUT2D eigenvalue weighted by atomic mass is 10.1. The predicted octanol–water partition coefficient (Wildman–Crippen LogP) is 5.30. The van der Waals surface area contributed by atoms with Crippen molar-refractivity contribution in [1.29, 1.82) is 0 Å². The molecule has 134 valence electrons. The number of benzene rings is 2. The summed E-state index contributed by atoms with van der Waals surface area (Å²) in [6.07, 6.45) is -3.42. The molecule has 0 atom stereocenters. The first-order valence-electron chi connectivity index (χ1n) is 7.05. The Bertz CT molecular complexity index is 1060. The summed E-state index contributed by atoms with van der Waals surface area (Å²) in [6, 6.07) is 7.19. The topological polar surface area (TPSA) is 59.3 Å². The number of rotatable bonds is 2. The number of hydrogen-bond acceptors (Lipinski definition) is 2. The molecule has 3 aromatic rings. The molecule has 0 aliphatic heterocycles. The van der Waals surface area contributed by atoms with Gasteiger partial charge in [0.15, 0.2) is 0 Å². The summed E-state index contributed by atoms with van der Waals surface area (Å²) in [4.78, 5) is 24.0. The van der Waals surface area contributed by atoms with Crippen molar-refractivity contribution in [3.63, 3.8) is 0 Å². The Labute approximate surface area is 163 Å². The van der Waals surface area contributed by atoms with Gasteiger partial charge in [-0.15, -0.1) is 0 Å². The Hall–Kier alpha value is -2.07. The fraction of sp³-hybridized carbons (Fsp3) is 0.0588. The molecule has 0 saturated heterocycles. The first kappa shape index (κ1) is 18.7. The van der Waals surface area contributed by atoms with Crippen molar-refractivity contribution in [1.82, 2.24) is 4.57 Å². The van der Waals surface area contributed by atoms with Gasteiger partial charge in [0.05, 0.1) is 27.2 Å². The number of carboxylic acid groups (broad SMARTS) is 1. The lowest BCUT2D eigenvalue weighted by Crippen LogP contribution is -2.18. The van der Waals surface area contributed by atoms with E-state index >= 15 is 0 Å². The average Bonchev–Trinajstić information content (AvgIpc) is 2.89. The van der Waals surface area contributed by atoms with Crippen LogP contribution in [0.2, 0.25) is 5.02 Å². The van der Waals surface area contributed by atoms with Gasteiger partial charge >= 0.3 is 12.1 Å². The van der Waals surface area contributed by atoms with Crippen molar-refractivity contribution < 1.29 is 27.9 Å². The van der Waals surface area contributed by atoms with E-state index in [-0.39, 0.29) is 16.1 Å². The molecule has 0 aliphatic rings. The summed E-state index contributed by atoms with van der Waals surface area (Å²) < 4.78 is 41.5. The standard InChI is InChI=1S/C17H8ClF3INO3/c18-11-3-1-2-10(17(19,20)21)14(11)15(24)23-7-12(22)9-5-4-8(16(25)26)6-13(9)23/h1-7H,(H,25,26). The van der Waals surface area contributed by atoms with Crippen LogP contribution >= 0.6 is 34.2 Å². The molecule has 0 bridgehead atoms. The largest absolute Gasteiger partial charge is 0.478 e. The second-order valence-corrected chi connectivity index (χ2v) is 6.92. The highest BCUT2D eigenvalue weighted by Gasteiger charge is 2.37. The van der Waals surface area contributed by atoms with Crippen molar-refractivity contribution in [2.75, 3.05) is 0 Å². The molecule has 1 N–H and O–H groups in total. The van der Waals surface area contributed by atoms with Crippen LogP contribution in [0.4, 0.5) is 13.2 Å². The zero-order valence-electron chi connectivity index (χ0n) is 12.6. The maximum Gasteiger partial charge on any atom is 0.417 e. The Morgan fingerprint density at radius 1 is 1.15 bits per heavy atom. The van der Waals surface area contributed by atoms with Gasteiger partial charge in [-0.25, -0.2) is 4.79 Å². The van der Waals surface area contributed by atoms with Crippen molar-refractivity contribution >= 4 is 57.0 Å². The minimum atomic E-state index is -4.77. The quantitative estimate of drug-likeness (QED) is 0.493. The number of hydrogen-bond donors (Lipinski definition) is 1. The van der Waals surface area contributed by atoms with Crippen molar-refractivity contribution in [3.8, 4) is 0 Å². The van der Waals surface area contributed by atoms with E-state index in [9.17, 15) is 22.8 Å². The molecule has 0 aliphatic carbocycles. The average molecular weight is 494 g/mol. The third-order valence-corrected chi connectivity index (χ3v) is 4.93. The highest BCUT2D eigenvalue weighted by atomic mass is 127. The van der Waals surface area contributed by atoms with Crippen LogP contribution in [0.3, 0.4) is 0 Å². The summed E-state index contributed by atoms with van der Waals surface area (Å²) in [5.74, 6) is -2.20. The molecular weight excluding hydrogens is 486 g/mol. The molecule has 4 nitrogen and oxygen atoms in total. The van der Waals surface area contributed by atoms with Crippen LogP contribution in [0.15, 0.2) is 42.6 Å². The summed E-state index contributed by atoms with van der Waals surface area (Å²) in [6.45, 7) is 0. The molecule has 1 heterocycles. The van der Waals surface area contributed by atoms with Crippen molar-refractivity contribution in [2.24, 2.45) is 0 Å². The van der Waals surface area contributed by atoms with Gasteiger partial charge in [0, 0.05) is 15.2 Å². The minimum absolute atomic E-state index is 0.0868. The van der Waals surface area contributed by atoms with Gasteiger partial charge in [0.1, 0.15) is 0 Å². The summed E-state index contributed by atoms with van der Waals surface area (Å²) in [7, 11) is 0. The fourth-order valence-corrected chi connectivity index (χ4v) is 3.57. The summed E-state index contributed by atoms with van der Waals surface area (Å²) in [5, 5.41) is 9.34. The van der Waals surface area contributed by atoms with E-state index in [1.165, 1.54) is 30.5 Å². The summed E-state index contributed by atoms with van der Waals surface area (Å²) >= 11 is 7.81. The number of nitrogens with zero attached hydrogens (tertiary/aromatic N) is 1. The first-order valence-corrected chi connectivity index (χ1v) is 8.51. The Kier molecular flexibility index (Phi) is 4.74. The SMILES string of the molecule is O=C(O)c1ccc2c(I)cn(C(=O)c3c(Cl)cccc3C(F)(F)F)c2c1. The van der Waals surface area contributed by atoms with Gasteiger partial charge < -0.3 is 5.11 Å². The van der Waals surface area contributed by atoms with E-state index in [4.69, 9.17) is 16.7 Å². The number of aromatic nitrogens is 1. The van der Waals surface area contributed by atoms with Crippen molar-refractivity contribution in [2.45, 2.75) is 6.18 Å². The zero-order valence-corrected chi connectivity index (χ0v) is 15.6. The van der Waals surface area contributed by atoms with E-state index in [1.54, 1.807) is 0 Å². The molecule has 26 heavy (non-hydrogen) atoms. The Morgan fingerprint density at radius 3 is 2.46 bits per heavy atom. The predicted molar refractivity (Wildman–Crippen MR) is 97.8 cm³/mol. The lowest BCUT2D eigenvalue weighted by Gasteiger charge is -2.14. The number of carbonyl (C=O) groups excluding carboxylic acids is 1. The van der Waals surface area contributed by atoms with E-state index in [1.807, 2.05) is 22.6 Å². The van der Waals surface area contributed by atoms with E-state index in [2.05, 4.69) is 0 Å². The van der Waals surface area contributed by atoms with E-state index in [0.717, 1.165) is 16.7 Å². The van der Waals surface area contributed by atoms with Crippen LogP contribution in [0.25, 0.3) is 10.9 Å². The molecule has 0 radical (unpaired) electrons. The van der Waals surface area contributed by atoms with Crippen LogP contribution in [-0.2, 0) is 6.18 Å². The molecule has 0 saturated carbocycles. The minimum Gasteiger partial charge on any atom is -0.478 e. The lowest BCUT2D eigenvalue weighted by molar-refractivity contribution is -0.137. The molecule has 3 rings (SSSR count). The first-order chi connectivity index (χ1) is 12.1. The number of halogens is 5. The molecule has 0 amide bonds. The highest BCUT2D eigenvalue weighted by molar-refractivity contribution is 14.1. The number of carboxylic acids is 1. The van der Waals surface area contributed by atoms with Crippen LogP contribution < -0.4 is 0 Å². The third-order valence-electron chi connectivity index (χ3n) is 3.76. The molecule has 0 fully saturated rings. The van der Waals surface area contributed by atoms with Gasteiger partial charge in [-0.05, 0) is 46.9 Å². The van der Waals surface area contributed by atoms with Crippen LogP contribution in [0.1, 0.15) is 26.3 Å². The summed E-state index contributed by atoms with van der Waals surface area (Å²) in [5.41, 5.74) is -1.74. The van der Waals surface area contributed by atoms with Gasteiger partial charge in [-0.2, -0.15) is 13.2 Å². The third kappa shape index (κ3) is 3.18. The normalized spacial score (nSPS) is 11.7. The maximum atomic E-state index is 13.3. The number of alkyl halides is 3. The number of aromatic carboxylic acids is 1. The van der Waals surface area contributed by atoms with Crippen molar-refractivity contribution in [3.05, 3.63) is 67.9 Å². The van der Waals surface area contributed by atoms with E-state index in [0.29, 0.717) is 8.96 Å². The van der Waals surface area contributed by atoms with E-state index < -0.39 is 29.2 Å². The molecule has 2 aromatic carbocycles. The van der Waals surface area contributed by atoms with Crippen LogP contribution in [0.5, 0.6) is 0 Å². The fourth-order valence-electron chi connectivity index (χ4n) is 2.58. The van der Waals surface area contributed by atoms with Gasteiger partial charge in [0.25, 0.3) is 5.91 Å². The Balaban J connectivity index is 2.27. The second-order valence-electron chi connectivity index (χ2n) is 5.35. The highest BCUT2D eigenvalue weighted by Crippen LogP contribution is 2.36. The molecule has 9 heteroatoms. The van der Waals surface area contributed by atoms with Crippen LogP contribution in [0, 0.1) is 3.57 Å². The molecule has 0 spiro atoms. The molecular formula is C17H8ClF3INO3. The Morgan fingerprint density at radius 2 is 1.85 bits per heavy atom. The molecule has 0 unspecified atom stereocenters.